The number of nitrogens with two attached hydrogens (primary N) is 1. The maximum absolute atomic E-state index is 12.5. The fourth-order valence-corrected chi connectivity index (χ4v) is 4.26. The van der Waals surface area contributed by atoms with Gasteiger partial charge in [0, 0.05) is 6.04 Å². The van der Waals surface area contributed by atoms with Crippen LogP contribution in [0.3, 0.4) is 0 Å². The van der Waals surface area contributed by atoms with E-state index in [1.54, 1.807) is 0 Å². The molecule has 1 aromatic rings. The first-order chi connectivity index (χ1) is 9.24. The highest BCUT2D eigenvalue weighted by molar-refractivity contribution is 7.89. The molecule has 0 aliphatic heterocycles. The van der Waals surface area contributed by atoms with Crippen molar-refractivity contribution < 1.29 is 8.42 Å². The Morgan fingerprint density at radius 2 is 1.80 bits per heavy atom. The third-order valence-electron chi connectivity index (χ3n) is 3.07. The summed E-state index contributed by atoms with van der Waals surface area (Å²) in [5.74, 6) is -0.0218. The zero-order chi connectivity index (χ0) is 15.3. The molecular formula is C14H22N2O2S2. The minimum atomic E-state index is -3.40. The molecule has 1 aromatic carbocycles. The van der Waals surface area contributed by atoms with Crippen LogP contribution in [-0.4, -0.2) is 36.1 Å². The fourth-order valence-electron chi connectivity index (χ4n) is 2.05. The van der Waals surface area contributed by atoms with E-state index in [1.165, 1.54) is 4.31 Å². The highest BCUT2D eigenvalue weighted by Crippen LogP contribution is 2.19. The average molecular weight is 314 g/mol. The molecular weight excluding hydrogens is 292 g/mol. The first kappa shape index (κ1) is 17.1. The number of benzene rings is 1. The highest BCUT2D eigenvalue weighted by atomic mass is 32.2. The minimum absolute atomic E-state index is 0.0534. The van der Waals surface area contributed by atoms with Gasteiger partial charge in [-0.3, -0.25) is 0 Å². The quantitative estimate of drug-likeness (QED) is 0.783. The molecule has 112 valence electrons. The van der Waals surface area contributed by atoms with Gasteiger partial charge in [0.25, 0.3) is 0 Å². The normalized spacial score (nSPS) is 13.7. The summed E-state index contributed by atoms with van der Waals surface area (Å²) in [4.78, 5) is 0.189. The highest BCUT2D eigenvalue weighted by Gasteiger charge is 2.27. The average Bonchev–Trinajstić information content (AvgIpc) is 2.35. The van der Waals surface area contributed by atoms with Crippen molar-refractivity contribution in [3.8, 4) is 0 Å². The molecule has 1 rings (SSSR count). The van der Waals surface area contributed by atoms with Crippen LogP contribution in [0.2, 0.25) is 0 Å². The van der Waals surface area contributed by atoms with E-state index >= 15 is 0 Å². The molecule has 0 fully saturated rings. The van der Waals surface area contributed by atoms with E-state index in [-0.39, 0.29) is 29.2 Å². The molecule has 20 heavy (non-hydrogen) atoms. The van der Waals surface area contributed by atoms with Gasteiger partial charge in [-0.05, 0) is 25.3 Å². The molecule has 0 amide bonds. The van der Waals surface area contributed by atoms with E-state index < -0.39 is 10.0 Å². The molecule has 0 bridgehead atoms. The van der Waals surface area contributed by atoms with E-state index in [2.05, 4.69) is 0 Å². The second-order valence-corrected chi connectivity index (χ2v) is 7.69. The molecule has 0 aromatic heterocycles. The Kier molecular flexibility index (Phi) is 6.10. The van der Waals surface area contributed by atoms with E-state index in [4.69, 9.17) is 18.0 Å². The molecule has 6 heteroatoms. The molecule has 0 spiro atoms. The maximum atomic E-state index is 12.5. The van der Waals surface area contributed by atoms with Crippen molar-refractivity contribution in [2.75, 3.05) is 12.3 Å². The lowest BCUT2D eigenvalue weighted by Gasteiger charge is -2.27. The van der Waals surface area contributed by atoms with Gasteiger partial charge in [-0.15, -0.1) is 0 Å². The Bertz CT molecular complexity index is 542. The summed E-state index contributed by atoms with van der Waals surface area (Å²) in [5, 5.41) is 0. The van der Waals surface area contributed by atoms with E-state index in [0.29, 0.717) is 0 Å². The predicted molar refractivity (Wildman–Crippen MR) is 87.3 cm³/mol. The molecule has 1 unspecified atom stereocenters. The Hall–Kier alpha value is -0.980. The number of hydrogen-bond donors (Lipinski definition) is 1. The zero-order valence-electron chi connectivity index (χ0n) is 12.1. The molecule has 0 heterocycles. The van der Waals surface area contributed by atoms with Gasteiger partial charge in [0.1, 0.15) is 0 Å². The monoisotopic (exact) mass is 314 g/mol. The largest absolute Gasteiger partial charge is 0.392 e. The van der Waals surface area contributed by atoms with Gasteiger partial charge >= 0.3 is 0 Å². The Morgan fingerprint density at radius 1 is 1.25 bits per heavy atom. The van der Waals surface area contributed by atoms with Crippen LogP contribution in [0.15, 0.2) is 30.3 Å². The molecule has 0 aliphatic rings. The summed E-state index contributed by atoms with van der Waals surface area (Å²) in [6.07, 6.45) is 0. The van der Waals surface area contributed by atoms with Gasteiger partial charge in [0.15, 0.2) is 0 Å². The Labute approximate surface area is 127 Å². The SMILES string of the molecule is CC(CS(=O)(=O)N(CC(N)=S)C(C)C)c1ccccc1. The van der Waals surface area contributed by atoms with Crippen molar-refractivity contribution in [1.29, 1.82) is 0 Å². The smallest absolute Gasteiger partial charge is 0.215 e. The standard InChI is InChI=1S/C14H22N2O2S2/c1-11(2)16(9-14(15)19)20(17,18)10-12(3)13-7-5-4-6-8-13/h4-8,11-12H,9-10H2,1-3H3,(H2,15,19). The third kappa shape index (κ3) is 4.85. The van der Waals surface area contributed by atoms with Crippen LogP contribution in [0.25, 0.3) is 0 Å². The first-order valence-electron chi connectivity index (χ1n) is 6.57. The summed E-state index contributed by atoms with van der Waals surface area (Å²) >= 11 is 4.84. The van der Waals surface area contributed by atoms with Gasteiger partial charge in [0.05, 0.1) is 17.3 Å². The summed E-state index contributed by atoms with van der Waals surface area (Å²) in [7, 11) is -3.40. The van der Waals surface area contributed by atoms with Gasteiger partial charge in [-0.2, -0.15) is 4.31 Å². The minimum Gasteiger partial charge on any atom is -0.392 e. The molecule has 1 atom stereocenters. The number of thiocarbonyl (C=S) groups is 1. The van der Waals surface area contributed by atoms with E-state index in [1.807, 2.05) is 51.1 Å². The summed E-state index contributed by atoms with van der Waals surface area (Å²) < 4.78 is 26.4. The lowest BCUT2D eigenvalue weighted by molar-refractivity contribution is 0.389. The summed E-state index contributed by atoms with van der Waals surface area (Å²) in [6.45, 7) is 5.65. The van der Waals surface area contributed by atoms with Crippen LogP contribution in [0.5, 0.6) is 0 Å². The second kappa shape index (κ2) is 7.15. The summed E-state index contributed by atoms with van der Waals surface area (Å²) in [5.41, 5.74) is 6.50. The van der Waals surface area contributed by atoms with E-state index in [0.717, 1.165) is 5.56 Å². The third-order valence-corrected chi connectivity index (χ3v) is 5.39. The lowest BCUT2D eigenvalue weighted by Crippen LogP contribution is -2.43. The Morgan fingerprint density at radius 3 is 2.25 bits per heavy atom. The van der Waals surface area contributed by atoms with Crippen molar-refractivity contribution in [3.63, 3.8) is 0 Å². The van der Waals surface area contributed by atoms with Crippen LogP contribution < -0.4 is 5.73 Å². The molecule has 4 nitrogen and oxygen atoms in total. The lowest BCUT2D eigenvalue weighted by atomic mass is 10.0. The van der Waals surface area contributed by atoms with Crippen LogP contribution in [0.1, 0.15) is 32.3 Å². The van der Waals surface area contributed by atoms with Gasteiger partial charge in [-0.25, -0.2) is 8.42 Å². The number of rotatable bonds is 7. The van der Waals surface area contributed by atoms with Crippen molar-refractivity contribution >= 4 is 27.2 Å². The maximum Gasteiger partial charge on any atom is 0.215 e. The van der Waals surface area contributed by atoms with Crippen molar-refractivity contribution in [2.24, 2.45) is 5.73 Å². The molecule has 0 radical (unpaired) electrons. The van der Waals surface area contributed by atoms with Crippen LogP contribution in [0.4, 0.5) is 0 Å². The first-order valence-corrected chi connectivity index (χ1v) is 8.58. The number of sulfonamides is 1. The topological polar surface area (TPSA) is 63.4 Å². The fraction of sp³-hybridized carbons (Fsp3) is 0.500. The molecule has 2 N–H and O–H groups in total. The van der Waals surface area contributed by atoms with Crippen molar-refractivity contribution in [2.45, 2.75) is 32.7 Å². The van der Waals surface area contributed by atoms with Gasteiger partial charge in [0.2, 0.25) is 10.0 Å². The van der Waals surface area contributed by atoms with Crippen molar-refractivity contribution in [3.05, 3.63) is 35.9 Å². The molecule has 0 saturated carbocycles. The number of hydrogen-bond acceptors (Lipinski definition) is 3. The molecule has 0 saturated heterocycles. The molecule has 0 aliphatic carbocycles. The number of nitrogens with zero attached hydrogens (tertiary/aromatic N) is 1. The predicted octanol–water partition coefficient (Wildman–Crippen LogP) is 2.12. The van der Waals surface area contributed by atoms with Crippen molar-refractivity contribution in [1.82, 2.24) is 4.31 Å². The summed E-state index contributed by atoms with van der Waals surface area (Å²) in [6, 6.07) is 9.45. The van der Waals surface area contributed by atoms with Crippen LogP contribution >= 0.6 is 12.2 Å². The van der Waals surface area contributed by atoms with Gasteiger partial charge in [-0.1, -0.05) is 49.5 Å². The van der Waals surface area contributed by atoms with Crippen LogP contribution in [-0.2, 0) is 10.0 Å². The Balaban J connectivity index is 2.89. The second-order valence-electron chi connectivity index (χ2n) is 5.20. The van der Waals surface area contributed by atoms with E-state index in [9.17, 15) is 8.42 Å². The van der Waals surface area contributed by atoms with Crippen LogP contribution in [0, 0.1) is 0 Å². The van der Waals surface area contributed by atoms with Gasteiger partial charge < -0.3 is 5.73 Å². The zero-order valence-corrected chi connectivity index (χ0v) is 13.7.